The molecule has 3 N–H and O–H groups in total. The van der Waals surface area contributed by atoms with Crippen molar-refractivity contribution in [2.45, 2.75) is 6.54 Å². The lowest BCUT2D eigenvalue weighted by Crippen LogP contribution is -3.14. The number of ether oxygens (including phenoxy) is 1. The summed E-state index contributed by atoms with van der Waals surface area (Å²) in [5.41, 5.74) is 5.65. The third-order valence-electron chi connectivity index (χ3n) is 4.45. The van der Waals surface area contributed by atoms with Crippen LogP contribution in [0.2, 0.25) is 0 Å². The van der Waals surface area contributed by atoms with Crippen LogP contribution in [0.1, 0.15) is 5.56 Å². The molecular formula is C20H27N4OS+. The highest BCUT2D eigenvalue weighted by molar-refractivity contribution is 7.80. The molecule has 2 aromatic carbocycles. The smallest absolute Gasteiger partial charge is 0.185 e. The number of thiocarbonyl (C=S) groups is 1. The summed E-state index contributed by atoms with van der Waals surface area (Å²) in [5, 5.41) is 6.06. The normalized spacial score (nSPS) is 14.6. The number of anilines is 1. The van der Waals surface area contributed by atoms with Gasteiger partial charge in [-0.3, -0.25) is 10.4 Å². The van der Waals surface area contributed by atoms with Gasteiger partial charge in [0.15, 0.2) is 5.11 Å². The molecule has 2 aromatic rings. The summed E-state index contributed by atoms with van der Waals surface area (Å²) in [6.45, 7) is 6.51. The summed E-state index contributed by atoms with van der Waals surface area (Å²) in [7, 11) is 0. The Morgan fingerprint density at radius 2 is 1.65 bits per heavy atom. The lowest BCUT2D eigenvalue weighted by atomic mass is 10.2. The van der Waals surface area contributed by atoms with Crippen molar-refractivity contribution in [3.63, 3.8) is 0 Å². The molecule has 1 fully saturated rings. The van der Waals surface area contributed by atoms with E-state index in [2.05, 4.69) is 52.1 Å². The first-order valence-corrected chi connectivity index (χ1v) is 9.54. The summed E-state index contributed by atoms with van der Waals surface area (Å²) < 4.78 is 5.40. The van der Waals surface area contributed by atoms with E-state index >= 15 is 0 Å². The van der Waals surface area contributed by atoms with Crippen molar-refractivity contribution in [1.29, 1.82) is 0 Å². The molecule has 0 unspecified atom stereocenters. The minimum atomic E-state index is 0.650. The van der Waals surface area contributed by atoms with Crippen LogP contribution in [0.5, 0.6) is 0 Å². The first-order valence-electron chi connectivity index (χ1n) is 9.13. The molecule has 0 atom stereocenters. The Bertz CT molecular complexity index is 662. The monoisotopic (exact) mass is 371 g/mol. The van der Waals surface area contributed by atoms with Gasteiger partial charge in [-0.05, 0) is 29.9 Å². The van der Waals surface area contributed by atoms with E-state index in [1.165, 1.54) is 5.56 Å². The predicted molar refractivity (Wildman–Crippen MR) is 109 cm³/mol. The molecular weight excluding hydrogens is 344 g/mol. The number of nitrogens with zero attached hydrogens (tertiary/aromatic N) is 1. The number of hydrogen-bond donors (Lipinski definition) is 3. The van der Waals surface area contributed by atoms with Crippen LogP contribution in [0.3, 0.4) is 0 Å². The number of para-hydroxylation sites is 1. The number of nitrogens with one attached hydrogen (secondary N) is 3. The molecule has 26 heavy (non-hydrogen) atoms. The van der Waals surface area contributed by atoms with Gasteiger partial charge in [-0.1, -0.05) is 48.5 Å². The topological polar surface area (TPSA) is 41.0 Å². The summed E-state index contributed by atoms with van der Waals surface area (Å²) in [6.07, 6.45) is 0. The standard InChI is InChI=1S/C20H26N4OS/c26-20(21-11-12-23-13-15-25-16-14-23)22-24(19-9-5-2-6-10-19)17-18-7-3-1-4-8-18/h1-10H,11-17H2,(H2,21,22,26)/p+1. The van der Waals surface area contributed by atoms with Gasteiger partial charge in [0.2, 0.25) is 0 Å². The second kappa shape index (κ2) is 10.1. The molecule has 0 aliphatic carbocycles. The van der Waals surface area contributed by atoms with Gasteiger partial charge < -0.3 is 15.0 Å². The Morgan fingerprint density at radius 3 is 2.35 bits per heavy atom. The molecule has 0 bridgehead atoms. The van der Waals surface area contributed by atoms with Crippen molar-refractivity contribution < 1.29 is 9.64 Å². The lowest BCUT2D eigenvalue weighted by molar-refractivity contribution is -0.906. The number of hydrazine groups is 1. The van der Waals surface area contributed by atoms with E-state index in [4.69, 9.17) is 17.0 Å². The van der Waals surface area contributed by atoms with Crippen LogP contribution in [0, 0.1) is 0 Å². The van der Waals surface area contributed by atoms with Crippen molar-refractivity contribution in [2.24, 2.45) is 0 Å². The zero-order valence-electron chi connectivity index (χ0n) is 15.0. The molecule has 1 aliphatic rings. The third kappa shape index (κ3) is 5.98. The third-order valence-corrected chi connectivity index (χ3v) is 4.69. The maximum Gasteiger partial charge on any atom is 0.185 e. The van der Waals surface area contributed by atoms with Gasteiger partial charge >= 0.3 is 0 Å². The van der Waals surface area contributed by atoms with Crippen LogP contribution in [0.4, 0.5) is 5.69 Å². The van der Waals surface area contributed by atoms with E-state index in [1.54, 1.807) is 4.90 Å². The summed E-state index contributed by atoms with van der Waals surface area (Å²) in [6, 6.07) is 20.6. The number of rotatable bonds is 7. The molecule has 0 aromatic heterocycles. The minimum absolute atomic E-state index is 0.650. The lowest BCUT2D eigenvalue weighted by Gasteiger charge is -2.28. The second-order valence-corrected chi connectivity index (χ2v) is 6.80. The van der Waals surface area contributed by atoms with E-state index in [9.17, 15) is 0 Å². The zero-order valence-corrected chi connectivity index (χ0v) is 15.8. The van der Waals surface area contributed by atoms with Gasteiger partial charge in [0.05, 0.1) is 38.5 Å². The molecule has 1 heterocycles. The van der Waals surface area contributed by atoms with Gasteiger partial charge in [-0.25, -0.2) is 0 Å². The van der Waals surface area contributed by atoms with Crippen LogP contribution < -0.4 is 20.7 Å². The minimum Gasteiger partial charge on any atom is -0.370 e. The summed E-state index contributed by atoms with van der Waals surface area (Å²) >= 11 is 5.52. The Morgan fingerprint density at radius 1 is 1.00 bits per heavy atom. The molecule has 5 nitrogen and oxygen atoms in total. The van der Waals surface area contributed by atoms with E-state index in [-0.39, 0.29) is 0 Å². The van der Waals surface area contributed by atoms with Crippen LogP contribution in [-0.2, 0) is 11.3 Å². The van der Waals surface area contributed by atoms with E-state index < -0.39 is 0 Å². The van der Waals surface area contributed by atoms with Crippen LogP contribution in [0.25, 0.3) is 0 Å². The highest BCUT2D eigenvalue weighted by atomic mass is 32.1. The summed E-state index contributed by atoms with van der Waals surface area (Å²) in [4.78, 5) is 1.57. The molecule has 0 spiro atoms. The Hall–Kier alpha value is -2.15. The molecule has 0 radical (unpaired) electrons. The maximum atomic E-state index is 5.52. The fraction of sp³-hybridized carbons (Fsp3) is 0.350. The SMILES string of the molecule is S=C(NCC[NH+]1CCOCC1)NN(Cc1ccccc1)c1ccccc1. The number of morpholine rings is 1. The molecule has 0 saturated carbocycles. The van der Waals surface area contributed by atoms with Gasteiger partial charge in [0.25, 0.3) is 0 Å². The molecule has 6 heteroatoms. The second-order valence-electron chi connectivity index (χ2n) is 6.39. The van der Waals surface area contributed by atoms with Crippen LogP contribution in [0.15, 0.2) is 60.7 Å². The first kappa shape index (κ1) is 18.6. The van der Waals surface area contributed by atoms with Crippen LogP contribution >= 0.6 is 12.2 Å². The number of quaternary nitrogens is 1. The predicted octanol–water partition coefficient (Wildman–Crippen LogP) is 0.987. The highest BCUT2D eigenvalue weighted by Gasteiger charge is 2.13. The van der Waals surface area contributed by atoms with Gasteiger partial charge in [0, 0.05) is 0 Å². The average molecular weight is 372 g/mol. The van der Waals surface area contributed by atoms with E-state index in [0.29, 0.717) is 5.11 Å². The van der Waals surface area contributed by atoms with Crippen LogP contribution in [-0.4, -0.2) is 44.5 Å². The summed E-state index contributed by atoms with van der Waals surface area (Å²) in [5.74, 6) is 0. The fourth-order valence-corrected chi connectivity index (χ4v) is 3.21. The quantitative estimate of drug-likeness (QED) is 0.500. The van der Waals surface area contributed by atoms with Crippen molar-refractivity contribution in [2.75, 3.05) is 44.4 Å². The molecule has 0 amide bonds. The van der Waals surface area contributed by atoms with Gasteiger partial charge in [-0.15, -0.1) is 0 Å². The largest absolute Gasteiger partial charge is 0.370 e. The van der Waals surface area contributed by atoms with E-state index in [1.807, 2.05) is 24.3 Å². The maximum absolute atomic E-state index is 5.52. The zero-order chi connectivity index (χ0) is 18.0. The van der Waals surface area contributed by atoms with Crippen molar-refractivity contribution >= 4 is 23.0 Å². The molecule has 1 saturated heterocycles. The molecule has 138 valence electrons. The molecule has 1 aliphatic heterocycles. The van der Waals surface area contributed by atoms with Crippen molar-refractivity contribution in [3.8, 4) is 0 Å². The van der Waals surface area contributed by atoms with Crippen molar-refractivity contribution in [3.05, 3.63) is 66.2 Å². The fourth-order valence-electron chi connectivity index (χ4n) is 2.99. The number of benzene rings is 2. The van der Waals surface area contributed by atoms with Crippen molar-refractivity contribution in [1.82, 2.24) is 10.7 Å². The Balaban J connectivity index is 1.53. The van der Waals surface area contributed by atoms with Gasteiger partial charge in [-0.2, -0.15) is 0 Å². The average Bonchev–Trinajstić information content (AvgIpc) is 2.70. The Kier molecular flexibility index (Phi) is 7.25. The van der Waals surface area contributed by atoms with Gasteiger partial charge in [0.1, 0.15) is 13.1 Å². The highest BCUT2D eigenvalue weighted by Crippen LogP contribution is 2.14. The van der Waals surface area contributed by atoms with E-state index in [0.717, 1.165) is 51.6 Å². The Labute approximate surface area is 160 Å². The molecule has 3 rings (SSSR count). The number of hydrogen-bond acceptors (Lipinski definition) is 3. The first-order chi connectivity index (χ1) is 12.8.